The maximum Gasteiger partial charge on any atom is 0.340 e. The normalized spacial score (nSPS) is 11.9. The van der Waals surface area contributed by atoms with Crippen molar-refractivity contribution in [3.05, 3.63) is 40.5 Å². The second-order valence-electron chi connectivity index (χ2n) is 5.64. The van der Waals surface area contributed by atoms with Crippen LogP contribution in [-0.2, 0) is 9.53 Å². The zero-order valence-electron chi connectivity index (χ0n) is 14.4. The number of hydrogen-bond acceptors (Lipinski definition) is 5. The van der Waals surface area contributed by atoms with E-state index in [1.54, 1.807) is 35.1 Å². The summed E-state index contributed by atoms with van der Waals surface area (Å²) < 4.78 is 12.6. The molecule has 0 spiro atoms. The van der Waals surface area contributed by atoms with Gasteiger partial charge in [0.25, 0.3) is 5.91 Å². The SMILES string of the molecule is COc1ccc(Br)c(C(=O)O[C@H](C)C(=O)Nc2ccnn2C(C)C)c1. The van der Waals surface area contributed by atoms with Gasteiger partial charge in [-0.2, -0.15) is 5.10 Å². The molecule has 1 aromatic carbocycles. The van der Waals surface area contributed by atoms with Crippen LogP contribution >= 0.6 is 15.9 Å². The number of nitrogens with zero attached hydrogens (tertiary/aromatic N) is 2. The predicted octanol–water partition coefficient (Wildman–Crippen LogP) is 3.42. The zero-order chi connectivity index (χ0) is 18.6. The van der Waals surface area contributed by atoms with Gasteiger partial charge in [0.2, 0.25) is 0 Å². The first kappa shape index (κ1) is 19.0. The highest BCUT2D eigenvalue weighted by Crippen LogP contribution is 2.23. The molecule has 1 N–H and O–H groups in total. The molecule has 0 saturated heterocycles. The fourth-order valence-corrected chi connectivity index (χ4v) is 2.53. The first-order chi connectivity index (χ1) is 11.8. The van der Waals surface area contributed by atoms with Crippen molar-refractivity contribution in [1.82, 2.24) is 9.78 Å². The van der Waals surface area contributed by atoms with E-state index in [2.05, 4.69) is 26.3 Å². The lowest BCUT2D eigenvalue weighted by Crippen LogP contribution is -2.31. The standard InChI is InChI=1S/C17H20BrN3O4/c1-10(2)21-15(7-8-19-21)20-16(22)11(3)25-17(23)13-9-12(24-4)5-6-14(13)18/h5-11H,1-4H3,(H,20,22)/t11-/m1/s1. The maximum atomic E-state index is 12.3. The van der Waals surface area contributed by atoms with Crippen LogP contribution in [0.25, 0.3) is 0 Å². The Bertz CT molecular complexity index is 773. The summed E-state index contributed by atoms with van der Waals surface area (Å²) >= 11 is 3.29. The Morgan fingerprint density at radius 2 is 1.96 bits per heavy atom. The number of esters is 1. The van der Waals surface area contributed by atoms with Crippen molar-refractivity contribution in [2.24, 2.45) is 0 Å². The van der Waals surface area contributed by atoms with Crippen molar-refractivity contribution in [3.63, 3.8) is 0 Å². The molecule has 0 radical (unpaired) electrons. The number of carbonyl (C=O) groups is 2. The van der Waals surface area contributed by atoms with E-state index in [9.17, 15) is 9.59 Å². The van der Waals surface area contributed by atoms with Gasteiger partial charge in [-0.3, -0.25) is 4.79 Å². The highest BCUT2D eigenvalue weighted by atomic mass is 79.9. The number of carbonyl (C=O) groups excluding carboxylic acids is 2. The molecule has 25 heavy (non-hydrogen) atoms. The molecule has 7 nitrogen and oxygen atoms in total. The fraction of sp³-hybridized carbons (Fsp3) is 0.353. The Balaban J connectivity index is 2.06. The molecule has 0 fully saturated rings. The van der Waals surface area contributed by atoms with E-state index in [1.165, 1.54) is 14.0 Å². The van der Waals surface area contributed by atoms with Crippen molar-refractivity contribution >= 4 is 33.6 Å². The molecule has 1 aromatic heterocycles. The van der Waals surface area contributed by atoms with Crippen LogP contribution in [-0.4, -0.2) is 34.9 Å². The first-order valence-electron chi connectivity index (χ1n) is 7.72. The summed E-state index contributed by atoms with van der Waals surface area (Å²) in [5.74, 6) is 0.0131. The van der Waals surface area contributed by atoms with Crippen molar-refractivity contribution in [3.8, 4) is 5.75 Å². The van der Waals surface area contributed by atoms with Crippen LogP contribution in [0.15, 0.2) is 34.9 Å². The lowest BCUT2D eigenvalue weighted by molar-refractivity contribution is -0.123. The number of amides is 1. The van der Waals surface area contributed by atoms with Crippen LogP contribution in [0.1, 0.15) is 37.2 Å². The molecule has 0 bridgehead atoms. The molecule has 0 unspecified atom stereocenters. The molecule has 0 aliphatic heterocycles. The quantitative estimate of drug-likeness (QED) is 0.738. The number of methoxy groups -OCH3 is 1. The van der Waals surface area contributed by atoms with Gasteiger partial charge >= 0.3 is 5.97 Å². The van der Waals surface area contributed by atoms with Crippen molar-refractivity contribution in [2.75, 3.05) is 12.4 Å². The number of nitrogens with one attached hydrogen (secondary N) is 1. The Labute approximate surface area is 154 Å². The van der Waals surface area contributed by atoms with E-state index in [0.29, 0.717) is 16.0 Å². The number of halogens is 1. The molecule has 0 aliphatic carbocycles. The van der Waals surface area contributed by atoms with Crippen LogP contribution in [0.5, 0.6) is 5.75 Å². The Morgan fingerprint density at radius 3 is 2.60 bits per heavy atom. The number of hydrogen-bond donors (Lipinski definition) is 1. The van der Waals surface area contributed by atoms with Gasteiger partial charge in [0.15, 0.2) is 6.10 Å². The fourth-order valence-electron chi connectivity index (χ4n) is 2.12. The van der Waals surface area contributed by atoms with Gasteiger partial charge in [0, 0.05) is 16.6 Å². The molecule has 1 amide bonds. The van der Waals surface area contributed by atoms with E-state index >= 15 is 0 Å². The van der Waals surface area contributed by atoms with Gasteiger partial charge in [-0.05, 0) is 54.9 Å². The van der Waals surface area contributed by atoms with Gasteiger partial charge in [-0.1, -0.05) is 0 Å². The number of anilines is 1. The summed E-state index contributed by atoms with van der Waals surface area (Å²) in [6, 6.07) is 6.72. The molecular weight excluding hydrogens is 390 g/mol. The summed E-state index contributed by atoms with van der Waals surface area (Å²) in [4.78, 5) is 24.6. The van der Waals surface area contributed by atoms with Gasteiger partial charge in [-0.15, -0.1) is 0 Å². The molecule has 2 rings (SSSR count). The van der Waals surface area contributed by atoms with E-state index in [0.717, 1.165) is 0 Å². The van der Waals surface area contributed by atoms with E-state index < -0.39 is 18.0 Å². The molecule has 134 valence electrons. The van der Waals surface area contributed by atoms with Crippen molar-refractivity contribution in [1.29, 1.82) is 0 Å². The van der Waals surface area contributed by atoms with Crippen molar-refractivity contribution < 1.29 is 19.1 Å². The highest BCUT2D eigenvalue weighted by molar-refractivity contribution is 9.10. The second-order valence-corrected chi connectivity index (χ2v) is 6.49. The monoisotopic (exact) mass is 409 g/mol. The third kappa shape index (κ3) is 4.60. The molecule has 1 heterocycles. The molecule has 0 saturated carbocycles. The number of aromatic nitrogens is 2. The molecule has 0 aliphatic rings. The van der Waals surface area contributed by atoms with Crippen LogP contribution in [0.2, 0.25) is 0 Å². The smallest absolute Gasteiger partial charge is 0.340 e. The lowest BCUT2D eigenvalue weighted by atomic mass is 10.2. The number of benzene rings is 1. The third-order valence-corrected chi connectivity index (χ3v) is 4.15. The second kappa shape index (κ2) is 8.15. The van der Waals surface area contributed by atoms with E-state index in [-0.39, 0.29) is 11.6 Å². The van der Waals surface area contributed by atoms with Gasteiger partial charge in [-0.25, -0.2) is 9.48 Å². The topological polar surface area (TPSA) is 82.4 Å². The van der Waals surface area contributed by atoms with Crippen LogP contribution in [0, 0.1) is 0 Å². The average Bonchev–Trinajstić information content (AvgIpc) is 3.03. The molecular formula is C17H20BrN3O4. The zero-order valence-corrected chi connectivity index (χ0v) is 16.0. The summed E-state index contributed by atoms with van der Waals surface area (Å²) in [6.45, 7) is 5.41. The first-order valence-corrected chi connectivity index (χ1v) is 8.51. The summed E-state index contributed by atoms with van der Waals surface area (Å²) in [5, 5.41) is 6.85. The van der Waals surface area contributed by atoms with E-state index in [1.807, 2.05) is 13.8 Å². The van der Waals surface area contributed by atoms with E-state index in [4.69, 9.17) is 9.47 Å². The number of rotatable bonds is 6. The minimum atomic E-state index is -0.971. The molecule has 8 heteroatoms. The predicted molar refractivity (Wildman–Crippen MR) is 96.8 cm³/mol. The average molecular weight is 410 g/mol. The lowest BCUT2D eigenvalue weighted by Gasteiger charge is -2.16. The van der Waals surface area contributed by atoms with Crippen LogP contribution in [0.4, 0.5) is 5.82 Å². The van der Waals surface area contributed by atoms with Gasteiger partial charge < -0.3 is 14.8 Å². The van der Waals surface area contributed by atoms with Crippen LogP contribution < -0.4 is 10.1 Å². The van der Waals surface area contributed by atoms with Gasteiger partial charge in [0.1, 0.15) is 11.6 Å². The maximum absolute atomic E-state index is 12.3. The third-order valence-electron chi connectivity index (χ3n) is 3.46. The Kier molecular flexibility index (Phi) is 6.19. The Hall–Kier alpha value is -2.35. The summed E-state index contributed by atoms with van der Waals surface area (Å²) in [7, 11) is 1.51. The van der Waals surface area contributed by atoms with Crippen molar-refractivity contribution in [2.45, 2.75) is 32.9 Å². The minimum absolute atomic E-state index is 0.0934. The highest BCUT2D eigenvalue weighted by Gasteiger charge is 2.22. The largest absolute Gasteiger partial charge is 0.497 e. The van der Waals surface area contributed by atoms with Gasteiger partial charge in [0.05, 0.1) is 18.9 Å². The summed E-state index contributed by atoms with van der Waals surface area (Å²) in [5.41, 5.74) is 0.284. The summed E-state index contributed by atoms with van der Waals surface area (Å²) in [6.07, 6.45) is 0.626. The number of ether oxygens (including phenoxy) is 2. The Morgan fingerprint density at radius 1 is 1.24 bits per heavy atom. The molecule has 2 aromatic rings. The van der Waals surface area contributed by atoms with Crippen LogP contribution in [0.3, 0.4) is 0 Å². The molecule has 1 atom stereocenters. The minimum Gasteiger partial charge on any atom is -0.497 e.